The molecule has 3 N–H and O–H groups in total. The van der Waals surface area contributed by atoms with Crippen molar-refractivity contribution in [3.63, 3.8) is 0 Å². The molecule has 0 saturated heterocycles. The van der Waals surface area contributed by atoms with Crippen LogP contribution in [0.4, 0.5) is 0 Å². The van der Waals surface area contributed by atoms with Gasteiger partial charge in [-0.15, -0.1) is 0 Å². The van der Waals surface area contributed by atoms with E-state index in [9.17, 15) is 4.79 Å². The maximum Gasteiger partial charge on any atom is 0.237 e. The van der Waals surface area contributed by atoms with E-state index in [0.29, 0.717) is 6.04 Å². The van der Waals surface area contributed by atoms with Crippen LogP contribution in [-0.4, -0.2) is 29.5 Å². The molecule has 1 aliphatic rings. The molecule has 17 heavy (non-hydrogen) atoms. The summed E-state index contributed by atoms with van der Waals surface area (Å²) in [6.45, 7) is 2.12. The van der Waals surface area contributed by atoms with E-state index in [-0.39, 0.29) is 11.9 Å². The zero-order valence-corrected chi connectivity index (χ0v) is 11.9. The fourth-order valence-corrected chi connectivity index (χ4v) is 3.05. The summed E-state index contributed by atoms with van der Waals surface area (Å²) in [6, 6.07) is 0.0480. The molecule has 1 aliphatic carbocycles. The van der Waals surface area contributed by atoms with E-state index in [2.05, 4.69) is 18.5 Å². The van der Waals surface area contributed by atoms with E-state index in [1.54, 1.807) is 0 Å². The third-order valence-corrected chi connectivity index (χ3v) is 4.70. The Kier molecular flexibility index (Phi) is 6.97. The van der Waals surface area contributed by atoms with E-state index in [0.717, 1.165) is 37.4 Å². The predicted molar refractivity (Wildman–Crippen MR) is 75.2 cm³/mol. The van der Waals surface area contributed by atoms with Crippen molar-refractivity contribution in [3.05, 3.63) is 0 Å². The highest BCUT2D eigenvalue weighted by atomic mass is 32.2. The van der Waals surface area contributed by atoms with Gasteiger partial charge < -0.3 is 11.1 Å². The third-order valence-electron chi connectivity index (χ3n) is 3.56. The van der Waals surface area contributed by atoms with Gasteiger partial charge in [0, 0.05) is 11.3 Å². The summed E-state index contributed by atoms with van der Waals surface area (Å²) in [5, 5.41) is 3.89. The molecule has 0 radical (unpaired) electrons. The van der Waals surface area contributed by atoms with Crippen LogP contribution in [-0.2, 0) is 4.79 Å². The van der Waals surface area contributed by atoms with Crippen LogP contribution in [0.3, 0.4) is 0 Å². The Hall–Kier alpha value is -0.220. The number of thioether (sulfide) groups is 1. The van der Waals surface area contributed by atoms with E-state index in [4.69, 9.17) is 5.73 Å². The SMILES string of the molecule is CCCC[C@H](N)C(=O)NC1CCC(SC)CC1. The van der Waals surface area contributed by atoms with E-state index in [1.807, 2.05) is 11.8 Å². The number of rotatable bonds is 6. The van der Waals surface area contributed by atoms with Gasteiger partial charge in [0.15, 0.2) is 0 Å². The monoisotopic (exact) mass is 258 g/mol. The highest BCUT2D eigenvalue weighted by Crippen LogP contribution is 2.26. The first kappa shape index (κ1) is 14.8. The fraction of sp³-hybridized carbons (Fsp3) is 0.923. The molecule has 1 saturated carbocycles. The number of hydrogen-bond acceptors (Lipinski definition) is 3. The van der Waals surface area contributed by atoms with Crippen LogP contribution in [0.1, 0.15) is 51.9 Å². The largest absolute Gasteiger partial charge is 0.352 e. The minimum Gasteiger partial charge on any atom is -0.352 e. The van der Waals surface area contributed by atoms with Crippen molar-refractivity contribution >= 4 is 17.7 Å². The summed E-state index contributed by atoms with van der Waals surface area (Å²) in [4.78, 5) is 11.8. The van der Waals surface area contributed by atoms with E-state index >= 15 is 0 Å². The standard InChI is InChI=1S/C13H26N2OS/c1-3-4-5-12(14)13(16)15-10-6-8-11(17-2)9-7-10/h10-12H,3-9,14H2,1-2H3,(H,15,16)/t10?,11?,12-/m0/s1. The molecule has 0 spiro atoms. The second-order valence-corrected chi connectivity index (χ2v) is 6.10. The van der Waals surface area contributed by atoms with Crippen molar-refractivity contribution in [3.8, 4) is 0 Å². The van der Waals surface area contributed by atoms with Gasteiger partial charge in [0.2, 0.25) is 5.91 Å². The first-order valence-corrected chi connectivity index (χ1v) is 8.05. The van der Waals surface area contributed by atoms with Crippen LogP contribution >= 0.6 is 11.8 Å². The van der Waals surface area contributed by atoms with Crippen LogP contribution in [0.25, 0.3) is 0 Å². The molecule has 0 aromatic rings. The first-order chi connectivity index (χ1) is 8.17. The second-order valence-electron chi connectivity index (χ2n) is 4.97. The highest BCUT2D eigenvalue weighted by Gasteiger charge is 2.23. The van der Waals surface area contributed by atoms with Gasteiger partial charge in [-0.1, -0.05) is 19.8 Å². The summed E-state index contributed by atoms with van der Waals surface area (Å²) in [5.74, 6) is 0.0473. The molecule has 0 aromatic heterocycles. The summed E-state index contributed by atoms with van der Waals surface area (Å²) in [6.07, 6.45) is 9.77. The molecular weight excluding hydrogens is 232 g/mol. The average molecular weight is 258 g/mol. The van der Waals surface area contributed by atoms with Gasteiger partial charge in [-0.2, -0.15) is 11.8 Å². The van der Waals surface area contributed by atoms with Crippen LogP contribution in [0.15, 0.2) is 0 Å². The van der Waals surface area contributed by atoms with Crippen molar-refractivity contribution in [2.45, 2.75) is 69.2 Å². The summed E-state index contributed by atoms with van der Waals surface area (Å²) in [7, 11) is 0. The maximum atomic E-state index is 11.8. The van der Waals surface area contributed by atoms with Crippen LogP contribution in [0, 0.1) is 0 Å². The minimum atomic E-state index is -0.312. The lowest BCUT2D eigenvalue weighted by molar-refractivity contribution is -0.123. The molecule has 0 heterocycles. The van der Waals surface area contributed by atoms with Crippen molar-refractivity contribution in [2.75, 3.05) is 6.26 Å². The van der Waals surface area contributed by atoms with Gasteiger partial charge >= 0.3 is 0 Å². The summed E-state index contributed by atoms with van der Waals surface area (Å²) >= 11 is 1.95. The molecule has 0 unspecified atom stereocenters. The van der Waals surface area contributed by atoms with Gasteiger partial charge in [-0.25, -0.2) is 0 Å². The van der Waals surface area contributed by atoms with E-state index in [1.165, 1.54) is 12.8 Å². The van der Waals surface area contributed by atoms with Gasteiger partial charge in [0.1, 0.15) is 0 Å². The zero-order valence-electron chi connectivity index (χ0n) is 11.1. The zero-order chi connectivity index (χ0) is 12.7. The van der Waals surface area contributed by atoms with Crippen molar-refractivity contribution in [1.82, 2.24) is 5.32 Å². The Balaban J connectivity index is 2.22. The predicted octanol–water partition coefficient (Wildman–Crippen LogP) is 2.29. The molecule has 0 aliphatic heterocycles. The number of nitrogens with two attached hydrogens (primary N) is 1. The molecule has 0 aromatic carbocycles. The average Bonchev–Trinajstić information content (AvgIpc) is 2.36. The van der Waals surface area contributed by atoms with Crippen LogP contribution < -0.4 is 11.1 Å². The van der Waals surface area contributed by atoms with Crippen molar-refractivity contribution < 1.29 is 4.79 Å². The number of nitrogens with one attached hydrogen (secondary N) is 1. The number of hydrogen-bond donors (Lipinski definition) is 2. The third kappa shape index (κ3) is 5.30. The Morgan fingerprint density at radius 3 is 2.59 bits per heavy atom. The van der Waals surface area contributed by atoms with Gasteiger partial charge in [0.05, 0.1) is 6.04 Å². The smallest absolute Gasteiger partial charge is 0.237 e. The second kappa shape index (κ2) is 7.98. The lowest BCUT2D eigenvalue weighted by Gasteiger charge is -2.28. The Morgan fingerprint density at radius 2 is 2.06 bits per heavy atom. The number of amides is 1. The van der Waals surface area contributed by atoms with Gasteiger partial charge in [0.25, 0.3) is 0 Å². The van der Waals surface area contributed by atoms with Gasteiger partial charge in [-0.3, -0.25) is 4.79 Å². The van der Waals surface area contributed by atoms with E-state index < -0.39 is 0 Å². The molecule has 1 fully saturated rings. The summed E-state index contributed by atoms with van der Waals surface area (Å²) < 4.78 is 0. The lowest BCUT2D eigenvalue weighted by Crippen LogP contribution is -2.46. The van der Waals surface area contributed by atoms with Gasteiger partial charge in [-0.05, 0) is 38.4 Å². The molecule has 1 atom stereocenters. The van der Waals surface area contributed by atoms with Crippen molar-refractivity contribution in [2.24, 2.45) is 5.73 Å². The quantitative estimate of drug-likeness (QED) is 0.768. The molecule has 4 heteroatoms. The fourth-order valence-electron chi connectivity index (χ4n) is 2.31. The van der Waals surface area contributed by atoms with Crippen LogP contribution in [0.5, 0.6) is 0 Å². The normalized spacial score (nSPS) is 26.5. The molecule has 100 valence electrons. The Morgan fingerprint density at radius 1 is 1.41 bits per heavy atom. The number of carbonyl (C=O) groups excluding carboxylic acids is 1. The highest BCUT2D eigenvalue weighted by molar-refractivity contribution is 7.99. The minimum absolute atomic E-state index is 0.0473. The number of unbranched alkanes of at least 4 members (excludes halogenated alkanes) is 1. The topological polar surface area (TPSA) is 55.1 Å². The molecule has 0 bridgehead atoms. The summed E-state index contributed by atoms with van der Waals surface area (Å²) in [5.41, 5.74) is 5.86. The van der Waals surface area contributed by atoms with Crippen molar-refractivity contribution in [1.29, 1.82) is 0 Å². The Bertz CT molecular complexity index is 227. The molecular formula is C13H26N2OS. The molecule has 3 nitrogen and oxygen atoms in total. The first-order valence-electron chi connectivity index (χ1n) is 6.76. The maximum absolute atomic E-state index is 11.8. The lowest BCUT2D eigenvalue weighted by atomic mass is 9.94. The molecule has 1 rings (SSSR count). The molecule has 1 amide bonds. The number of carbonyl (C=O) groups is 1. The Labute approximate surface area is 109 Å². The van der Waals surface area contributed by atoms with Crippen LogP contribution in [0.2, 0.25) is 0 Å².